The molecule has 0 bridgehead atoms. The average molecular weight is 567 g/mol. The molecular formula is C37H37F3N2. The van der Waals surface area contributed by atoms with E-state index < -0.39 is 17.2 Å². The zero-order valence-electron chi connectivity index (χ0n) is 24.2. The van der Waals surface area contributed by atoms with Gasteiger partial charge in [-0.25, -0.2) is 0 Å². The molecule has 5 heteroatoms. The van der Waals surface area contributed by atoms with Crippen LogP contribution in [0, 0.1) is 24.2 Å². The fourth-order valence-electron chi connectivity index (χ4n) is 5.87. The predicted octanol–water partition coefficient (Wildman–Crippen LogP) is 9.43. The van der Waals surface area contributed by atoms with Gasteiger partial charge in [-0.05, 0) is 90.1 Å². The molecule has 0 radical (unpaired) electrons. The van der Waals surface area contributed by atoms with E-state index in [2.05, 4.69) is 80.3 Å². The Morgan fingerprint density at radius 3 is 2.24 bits per heavy atom. The normalized spacial score (nSPS) is 13.5. The van der Waals surface area contributed by atoms with Crippen LogP contribution in [0.1, 0.15) is 53.1 Å². The maximum atomic E-state index is 14.1. The third kappa shape index (κ3) is 7.50. The molecule has 0 aliphatic carbocycles. The molecule has 4 aromatic rings. The number of hydrogen-bond donors (Lipinski definition) is 1. The van der Waals surface area contributed by atoms with Crippen LogP contribution in [0.15, 0.2) is 110 Å². The van der Waals surface area contributed by atoms with Gasteiger partial charge in [-0.2, -0.15) is 18.4 Å². The summed E-state index contributed by atoms with van der Waals surface area (Å²) in [6, 6.07) is 32.8. The van der Waals surface area contributed by atoms with Gasteiger partial charge in [-0.1, -0.05) is 104 Å². The third-order valence-electron chi connectivity index (χ3n) is 8.29. The number of nitrogens with one attached hydrogen (secondary N) is 1. The van der Waals surface area contributed by atoms with Gasteiger partial charge >= 0.3 is 6.18 Å². The Balaban J connectivity index is 1.81. The Kier molecular flexibility index (Phi) is 9.91. The summed E-state index contributed by atoms with van der Waals surface area (Å²) in [5.41, 5.74) is 4.28. The monoisotopic (exact) mass is 566 g/mol. The molecule has 4 aromatic carbocycles. The van der Waals surface area contributed by atoms with Crippen molar-refractivity contribution in [2.45, 2.75) is 51.1 Å². The van der Waals surface area contributed by atoms with Gasteiger partial charge in [-0.3, -0.25) is 0 Å². The number of rotatable bonds is 12. The standard InChI is InChI=1S/C37H37F3N2/c1-4-42-22-21-33(19-15-28-9-6-5-7-10-28)36(3,34-20-18-32(26-41)35(24-34)37(38,39)40)25-29-11-8-12-31(23-29)30-16-13-27(2)14-17-30/h4-14,16-18,20,23-24,33,42H,1,15,19,21-22,25H2,2-3H3. The minimum atomic E-state index is -4.63. The number of alkyl halides is 3. The van der Waals surface area contributed by atoms with Crippen molar-refractivity contribution in [2.24, 2.45) is 5.92 Å². The predicted molar refractivity (Wildman–Crippen MR) is 165 cm³/mol. The van der Waals surface area contributed by atoms with Crippen molar-refractivity contribution in [2.75, 3.05) is 6.54 Å². The molecule has 0 amide bonds. The lowest BCUT2D eigenvalue weighted by Crippen LogP contribution is -2.37. The van der Waals surface area contributed by atoms with Gasteiger partial charge in [0.05, 0.1) is 17.2 Å². The first-order chi connectivity index (χ1) is 20.1. The Morgan fingerprint density at radius 1 is 0.857 bits per heavy atom. The summed E-state index contributed by atoms with van der Waals surface area (Å²) in [5.74, 6) is 0.0298. The van der Waals surface area contributed by atoms with E-state index in [-0.39, 0.29) is 11.5 Å². The quantitative estimate of drug-likeness (QED) is 0.173. The van der Waals surface area contributed by atoms with Crippen molar-refractivity contribution in [3.63, 3.8) is 0 Å². The summed E-state index contributed by atoms with van der Waals surface area (Å²) in [7, 11) is 0. The van der Waals surface area contributed by atoms with Crippen molar-refractivity contribution < 1.29 is 13.2 Å². The first-order valence-corrected chi connectivity index (χ1v) is 14.3. The van der Waals surface area contributed by atoms with Crippen LogP contribution in [0.3, 0.4) is 0 Å². The zero-order chi connectivity index (χ0) is 30.2. The Morgan fingerprint density at radius 2 is 1.57 bits per heavy atom. The van der Waals surface area contributed by atoms with Crippen LogP contribution in [0.25, 0.3) is 11.1 Å². The van der Waals surface area contributed by atoms with E-state index >= 15 is 0 Å². The molecule has 0 heterocycles. The smallest absolute Gasteiger partial charge is 0.391 e. The number of benzene rings is 4. The molecule has 0 aromatic heterocycles. The lowest BCUT2D eigenvalue weighted by atomic mass is 9.65. The van der Waals surface area contributed by atoms with Crippen molar-refractivity contribution >= 4 is 0 Å². The number of hydrogen-bond acceptors (Lipinski definition) is 2. The van der Waals surface area contributed by atoms with Gasteiger partial charge in [0.1, 0.15) is 0 Å². The van der Waals surface area contributed by atoms with Crippen molar-refractivity contribution in [3.05, 3.63) is 143 Å². The molecule has 4 rings (SSSR count). The van der Waals surface area contributed by atoms with E-state index in [1.807, 2.05) is 24.3 Å². The minimum Gasteiger partial charge on any atom is -0.391 e. The molecule has 216 valence electrons. The van der Waals surface area contributed by atoms with Crippen LogP contribution in [0.2, 0.25) is 0 Å². The van der Waals surface area contributed by atoms with Gasteiger partial charge in [-0.15, -0.1) is 0 Å². The Labute approximate surface area is 247 Å². The van der Waals surface area contributed by atoms with Gasteiger partial charge < -0.3 is 5.32 Å². The van der Waals surface area contributed by atoms with Gasteiger partial charge in [0.2, 0.25) is 0 Å². The van der Waals surface area contributed by atoms with Crippen LogP contribution in [0.5, 0.6) is 0 Å². The lowest BCUT2D eigenvalue weighted by Gasteiger charge is -2.40. The fraction of sp³-hybridized carbons (Fsp3) is 0.270. The minimum absolute atomic E-state index is 0.0298. The zero-order valence-corrected chi connectivity index (χ0v) is 24.2. The highest BCUT2D eigenvalue weighted by Gasteiger charge is 2.39. The van der Waals surface area contributed by atoms with E-state index in [9.17, 15) is 18.4 Å². The van der Waals surface area contributed by atoms with Crippen LogP contribution in [-0.2, 0) is 24.4 Å². The molecule has 42 heavy (non-hydrogen) atoms. The van der Waals surface area contributed by atoms with Crippen molar-refractivity contribution in [3.8, 4) is 17.2 Å². The number of halogens is 3. The SMILES string of the molecule is C=CNCCC(CCc1ccccc1)C(C)(Cc1cccc(-c2ccc(C)cc2)c1)c1ccc(C#N)c(C(F)(F)F)c1. The molecule has 0 spiro atoms. The first kappa shape index (κ1) is 30.7. The largest absolute Gasteiger partial charge is 0.417 e. The lowest BCUT2D eigenvalue weighted by molar-refractivity contribution is -0.137. The molecule has 1 N–H and O–H groups in total. The van der Waals surface area contributed by atoms with Gasteiger partial charge in [0.15, 0.2) is 0 Å². The van der Waals surface area contributed by atoms with E-state index in [0.29, 0.717) is 18.5 Å². The second-order valence-corrected chi connectivity index (χ2v) is 11.2. The summed E-state index contributed by atoms with van der Waals surface area (Å²) in [6.07, 6.45) is -0.0888. The first-order valence-electron chi connectivity index (χ1n) is 14.3. The van der Waals surface area contributed by atoms with E-state index in [1.54, 1.807) is 18.3 Å². The highest BCUT2D eigenvalue weighted by atomic mass is 19.4. The average Bonchev–Trinajstić information content (AvgIpc) is 2.99. The van der Waals surface area contributed by atoms with Gasteiger partial charge in [0, 0.05) is 6.54 Å². The maximum absolute atomic E-state index is 14.1. The Bertz CT molecular complexity index is 1520. The number of nitrogens with zero attached hydrogens (tertiary/aromatic N) is 1. The fourth-order valence-corrected chi connectivity index (χ4v) is 5.87. The molecule has 0 aliphatic rings. The summed E-state index contributed by atoms with van der Waals surface area (Å²) in [4.78, 5) is 0. The second kappa shape index (κ2) is 13.6. The van der Waals surface area contributed by atoms with Crippen molar-refractivity contribution in [1.82, 2.24) is 5.32 Å². The van der Waals surface area contributed by atoms with Crippen molar-refractivity contribution in [1.29, 1.82) is 5.26 Å². The summed E-state index contributed by atoms with van der Waals surface area (Å²) in [6.45, 7) is 8.56. The molecular weight excluding hydrogens is 529 g/mol. The van der Waals surface area contributed by atoms with Gasteiger partial charge in [0.25, 0.3) is 0 Å². The number of nitriles is 1. The topological polar surface area (TPSA) is 35.8 Å². The van der Waals surface area contributed by atoms with E-state index in [0.717, 1.165) is 36.0 Å². The molecule has 0 saturated heterocycles. The van der Waals surface area contributed by atoms with E-state index in [4.69, 9.17) is 0 Å². The van der Waals surface area contributed by atoms with Crippen LogP contribution in [0.4, 0.5) is 13.2 Å². The molecule has 0 fully saturated rings. The van der Waals surface area contributed by atoms with E-state index in [1.165, 1.54) is 23.3 Å². The van der Waals surface area contributed by atoms with Crippen LogP contribution >= 0.6 is 0 Å². The molecule has 0 aliphatic heterocycles. The molecule has 2 atom stereocenters. The molecule has 2 nitrogen and oxygen atoms in total. The summed E-state index contributed by atoms with van der Waals surface area (Å²) < 4.78 is 42.4. The second-order valence-electron chi connectivity index (χ2n) is 11.2. The van der Waals surface area contributed by atoms with Crippen LogP contribution in [-0.4, -0.2) is 6.54 Å². The third-order valence-corrected chi connectivity index (χ3v) is 8.29. The highest BCUT2D eigenvalue weighted by Crippen LogP contribution is 2.43. The maximum Gasteiger partial charge on any atom is 0.417 e. The molecule has 2 unspecified atom stereocenters. The highest BCUT2D eigenvalue weighted by molar-refractivity contribution is 5.64. The molecule has 0 saturated carbocycles. The Hall–Kier alpha value is -4.30. The summed E-state index contributed by atoms with van der Waals surface area (Å²) in [5, 5.41) is 12.7. The number of aryl methyl sites for hydroxylation is 2. The summed E-state index contributed by atoms with van der Waals surface area (Å²) >= 11 is 0. The van der Waals surface area contributed by atoms with Crippen LogP contribution < -0.4 is 5.32 Å².